The molecule has 1 fully saturated rings. The molecule has 5 rings (SSSR count). The minimum Gasteiger partial charge on any atom is -0.489 e. The quantitative estimate of drug-likeness (QED) is 0.267. The van der Waals surface area contributed by atoms with Crippen LogP contribution in [0.5, 0.6) is 5.75 Å². The van der Waals surface area contributed by atoms with Crippen molar-refractivity contribution in [2.75, 3.05) is 7.11 Å². The predicted molar refractivity (Wildman–Crippen MR) is 155 cm³/mol. The van der Waals surface area contributed by atoms with Gasteiger partial charge in [0.25, 0.3) is 5.91 Å². The van der Waals surface area contributed by atoms with E-state index in [9.17, 15) is 27.6 Å². The lowest BCUT2D eigenvalue weighted by Crippen LogP contribution is -2.45. The summed E-state index contributed by atoms with van der Waals surface area (Å²) in [7, 11) is 0.676. The summed E-state index contributed by atoms with van der Waals surface area (Å²) in [6.07, 6.45) is -4.03. The summed E-state index contributed by atoms with van der Waals surface area (Å²) < 4.78 is 42.4. The Morgan fingerprint density at radius 1 is 1.11 bits per heavy atom. The van der Waals surface area contributed by atoms with E-state index in [0.29, 0.717) is 26.6 Å². The third-order valence-electron chi connectivity index (χ3n) is 7.50. The number of ether oxygens (including phenoxy) is 2. The molecule has 3 aromatic rings. The number of hydrogen-bond donors (Lipinski definition) is 2. The SMILES string of the molecule is COC(=O)C(F)(F)F.Cc1cc(COc2ccc(C3(C(C)C)CC(CC4(C)NC(=O)NC4=O)=NO3)cc2)c2ccccc2n1. The van der Waals surface area contributed by atoms with Crippen LogP contribution in [0.25, 0.3) is 10.9 Å². The van der Waals surface area contributed by atoms with E-state index in [1.807, 2.05) is 49.4 Å². The number of rotatable bonds is 7. The fraction of sp³-hybridized carbons (Fsp3) is 0.387. The first-order chi connectivity index (χ1) is 20.7. The number of halogens is 3. The van der Waals surface area contributed by atoms with Crippen LogP contribution >= 0.6 is 0 Å². The van der Waals surface area contributed by atoms with Crippen molar-refractivity contribution >= 4 is 34.5 Å². The molecule has 10 nitrogen and oxygen atoms in total. The number of methoxy groups -OCH3 is 1. The second-order valence-corrected chi connectivity index (χ2v) is 11.1. The molecule has 2 aliphatic rings. The molecule has 2 atom stereocenters. The summed E-state index contributed by atoms with van der Waals surface area (Å²) in [6, 6.07) is 17.6. The number of benzene rings is 2. The van der Waals surface area contributed by atoms with Crippen molar-refractivity contribution in [1.82, 2.24) is 15.6 Å². The molecule has 0 saturated carbocycles. The first kappa shape index (κ1) is 32.2. The van der Waals surface area contributed by atoms with Crippen molar-refractivity contribution < 1.29 is 41.9 Å². The number of alkyl halides is 3. The highest BCUT2D eigenvalue weighted by Crippen LogP contribution is 2.43. The Kier molecular flexibility index (Phi) is 9.17. The number of nitrogens with one attached hydrogen (secondary N) is 2. The Labute approximate surface area is 251 Å². The first-order valence-corrected chi connectivity index (χ1v) is 13.8. The second-order valence-electron chi connectivity index (χ2n) is 11.1. The molecule has 13 heteroatoms. The number of fused-ring (bicyclic) bond motifs is 1. The van der Waals surface area contributed by atoms with E-state index in [0.717, 1.165) is 39.2 Å². The molecule has 234 valence electrons. The number of para-hydroxylation sites is 1. The molecule has 0 bridgehead atoms. The summed E-state index contributed by atoms with van der Waals surface area (Å²) in [5.74, 6) is -1.64. The average molecular weight is 615 g/mol. The fourth-order valence-corrected chi connectivity index (χ4v) is 5.14. The number of amides is 3. The smallest absolute Gasteiger partial charge is 0.489 e. The average Bonchev–Trinajstić information content (AvgIpc) is 3.50. The van der Waals surface area contributed by atoms with E-state index in [-0.39, 0.29) is 11.8 Å². The van der Waals surface area contributed by atoms with Gasteiger partial charge in [0.2, 0.25) is 0 Å². The van der Waals surface area contributed by atoms with Gasteiger partial charge in [0.15, 0.2) is 5.60 Å². The van der Waals surface area contributed by atoms with Gasteiger partial charge in [0.1, 0.15) is 17.9 Å². The van der Waals surface area contributed by atoms with Gasteiger partial charge < -0.3 is 19.6 Å². The van der Waals surface area contributed by atoms with Gasteiger partial charge in [-0.2, -0.15) is 13.2 Å². The largest absolute Gasteiger partial charge is 0.490 e. The minimum atomic E-state index is -4.85. The van der Waals surface area contributed by atoms with Gasteiger partial charge in [0, 0.05) is 35.4 Å². The van der Waals surface area contributed by atoms with Gasteiger partial charge >= 0.3 is 18.2 Å². The Balaban J connectivity index is 0.000000488. The first-order valence-electron chi connectivity index (χ1n) is 13.8. The number of aromatic nitrogens is 1. The molecule has 44 heavy (non-hydrogen) atoms. The fourth-order valence-electron chi connectivity index (χ4n) is 5.14. The summed E-state index contributed by atoms with van der Waals surface area (Å²) in [6.45, 7) is 8.30. The molecular formula is C31H33F3N4O6. The van der Waals surface area contributed by atoms with Gasteiger partial charge in [-0.05, 0) is 43.7 Å². The highest BCUT2D eigenvalue weighted by Gasteiger charge is 2.48. The van der Waals surface area contributed by atoms with E-state index in [4.69, 9.17) is 9.57 Å². The normalized spacial score (nSPS) is 21.2. The third-order valence-corrected chi connectivity index (χ3v) is 7.50. The summed E-state index contributed by atoms with van der Waals surface area (Å²) in [4.78, 5) is 44.0. The molecule has 2 N–H and O–H groups in total. The molecule has 0 aliphatic carbocycles. The Hall–Kier alpha value is -4.68. The number of urea groups is 1. The van der Waals surface area contributed by atoms with E-state index in [2.05, 4.69) is 51.5 Å². The second kappa shape index (κ2) is 12.5. The number of carbonyl (C=O) groups excluding carboxylic acids is 3. The van der Waals surface area contributed by atoms with Crippen LogP contribution in [0.4, 0.5) is 18.0 Å². The standard InChI is InChI=1S/C28H30N4O4.C3H3F3O2/c1-17(2)28(15-21(32-36-28)14-27(4)25(33)30-26(34)31-27)20-9-11-22(12-10-20)35-16-19-13-18(3)29-24-8-6-5-7-23(19)24;1-8-2(7)3(4,5)6/h5-13,17H,14-16H2,1-4H3,(H2,30,31,33,34);1H3. The van der Waals surface area contributed by atoms with Crippen molar-refractivity contribution in [3.05, 3.63) is 71.4 Å². The van der Waals surface area contributed by atoms with Crippen LogP contribution in [0.1, 0.15) is 50.4 Å². The van der Waals surface area contributed by atoms with E-state index in [1.54, 1.807) is 6.92 Å². The summed E-state index contributed by atoms with van der Waals surface area (Å²) >= 11 is 0. The third kappa shape index (κ3) is 6.92. The zero-order valence-electron chi connectivity index (χ0n) is 24.9. The Morgan fingerprint density at radius 2 is 1.80 bits per heavy atom. The number of esters is 1. The van der Waals surface area contributed by atoms with Crippen LogP contribution in [0.15, 0.2) is 59.8 Å². The molecule has 2 unspecified atom stereocenters. The number of imide groups is 1. The topological polar surface area (TPSA) is 128 Å². The number of pyridine rings is 1. The van der Waals surface area contributed by atoms with E-state index >= 15 is 0 Å². The van der Waals surface area contributed by atoms with E-state index < -0.39 is 29.3 Å². The number of aryl methyl sites for hydroxylation is 1. The highest BCUT2D eigenvalue weighted by molar-refractivity contribution is 6.09. The van der Waals surface area contributed by atoms with Crippen molar-refractivity contribution in [2.45, 2.75) is 64.5 Å². The monoisotopic (exact) mass is 614 g/mol. The molecule has 3 heterocycles. The van der Waals surface area contributed by atoms with Gasteiger partial charge in [-0.3, -0.25) is 15.1 Å². The lowest BCUT2D eigenvalue weighted by molar-refractivity contribution is -0.196. The molecular weight excluding hydrogens is 581 g/mol. The van der Waals surface area contributed by atoms with Crippen LogP contribution in [0.3, 0.4) is 0 Å². The molecule has 2 aromatic carbocycles. The van der Waals surface area contributed by atoms with Crippen molar-refractivity contribution in [2.24, 2.45) is 11.1 Å². The maximum absolute atomic E-state index is 12.2. The molecule has 1 aromatic heterocycles. The number of hydrogen-bond acceptors (Lipinski definition) is 8. The summed E-state index contributed by atoms with van der Waals surface area (Å²) in [5, 5.41) is 10.4. The van der Waals surface area contributed by atoms with Crippen molar-refractivity contribution in [1.29, 1.82) is 0 Å². The molecule has 0 spiro atoms. The van der Waals surface area contributed by atoms with Crippen LogP contribution in [0.2, 0.25) is 0 Å². The van der Waals surface area contributed by atoms with Gasteiger partial charge in [-0.1, -0.05) is 49.3 Å². The maximum atomic E-state index is 12.2. The highest BCUT2D eigenvalue weighted by atomic mass is 19.4. The van der Waals surface area contributed by atoms with Gasteiger partial charge in [0.05, 0.1) is 18.3 Å². The maximum Gasteiger partial charge on any atom is 0.490 e. The predicted octanol–water partition coefficient (Wildman–Crippen LogP) is 5.46. The Morgan fingerprint density at radius 3 is 2.36 bits per heavy atom. The summed E-state index contributed by atoms with van der Waals surface area (Å²) in [5.41, 5.74) is 3.06. The van der Waals surface area contributed by atoms with Crippen molar-refractivity contribution in [3.8, 4) is 5.75 Å². The lowest BCUT2D eigenvalue weighted by Gasteiger charge is -2.31. The van der Waals surface area contributed by atoms with Crippen LogP contribution in [0, 0.1) is 12.8 Å². The van der Waals surface area contributed by atoms with Crippen LogP contribution in [-0.4, -0.2) is 47.4 Å². The van der Waals surface area contributed by atoms with Crippen LogP contribution < -0.4 is 15.4 Å². The zero-order valence-corrected chi connectivity index (χ0v) is 24.9. The number of carbonyl (C=O) groups is 3. The van der Waals surface area contributed by atoms with Gasteiger partial charge in [-0.15, -0.1) is 0 Å². The lowest BCUT2D eigenvalue weighted by atomic mass is 9.78. The van der Waals surface area contributed by atoms with E-state index in [1.165, 1.54) is 0 Å². The zero-order chi connectivity index (χ0) is 32.3. The number of oxime groups is 1. The number of nitrogens with zero attached hydrogens (tertiary/aromatic N) is 2. The molecule has 2 aliphatic heterocycles. The minimum absolute atomic E-state index is 0.122. The molecule has 1 saturated heterocycles. The van der Waals surface area contributed by atoms with Crippen LogP contribution in [-0.2, 0) is 31.4 Å². The Bertz CT molecular complexity index is 1590. The molecule has 0 radical (unpaired) electrons. The van der Waals surface area contributed by atoms with Crippen molar-refractivity contribution in [3.63, 3.8) is 0 Å². The molecule has 3 amide bonds. The van der Waals surface area contributed by atoms with Gasteiger partial charge in [-0.25, -0.2) is 9.59 Å².